The number of ether oxygens (including phenoxy) is 1. The van der Waals surface area contributed by atoms with Crippen LogP contribution in [0.15, 0.2) is 35.0 Å². The van der Waals surface area contributed by atoms with Gasteiger partial charge >= 0.3 is 5.97 Å². The summed E-state index contributed by atoms with van der Waals surface area (Å²) >= 11 is 14.4. The van der Waals surface area contributed by atoms with Crippen LogP contribution in [-0.2, 0) is 16.1 Å². The molecule has 0 amide bonds. The number of hydrogen-bond acceptors (Lipinski definition) is 5. The minimum absolute atomic E-state index is 0.0302. The van der Waals surface area contributed by atoms with Crippen LogP contribution in [0.4, 0.5) is 0 Å². The van der Waals surface area contributed by atoms with Gasteiger partial charge in [0.2, 0.25) is 0 Å². The van der Waals surface area contributed by atoms with Gasteiger partial charge in [0, 0.05) is 55.2 Å². The molecule has 2 aromatic rings. The second-order valence-electron chi connectivity index (χ2n) is 11.3. The third-order valence-corrected chi connectivity index (χ3v) is 10.1. The highest BCUT2D eigenvalue weighted by atomic mass is 35.5. The Kier molecular flexibility index (Phi) is 7.75. The average Bonchev–Trinajstić information content (AvgIpc) is 3.57. The molecule has 36 heavy (non-hydrogen) atoms. The maximum Gasteiger partial charge on any atom is 0.336 e. The summed E-state index contributed by atoms with van der Waals surface area (Å²) in [5, 5.41) is 15.8. The Morgan fingerprint density at radius 2 is 1.92 bits per heavy atom. The summed E-state index contributed by atoms with van der Waals surface area (Å²) in [6, 6.07) is 8.06. The van der Waals surface area contributed by atoms with Crippen molar-refractivity contribution in [2.24, 2.45) is 11.8 Å². The third kappa shape index (κ3) is 5.23. The van der Waals surface area contributed by atoms with Gasteiger partial charge in [-0.05, 0) is 77.6 Å². The molecule has 3 aliphatic heterocycles. The van der Waals surface area contributed by atoms with Crippen LogP contribution in [0.25, 0.3) is 0 Å². The summed E-state index contributed by atoms with van der Waals surface area (Å²) in [4.78, 5) is 17.2. The number of carboxylic acids is 1. The molecule has 0 bridgehead atoms. The van der Waals surface area contributed by atoms with Crippen LogP contribution in [0.5, 0.6) is 0 Å². The lowest BCUT2D eigenvalue weighted by Gasteiger charge is -2.42. The van der Waals surface area contributed by atoms with E-state index in [4.69, 9.17) is 27.9 Å². The molecule has 4 heterocycles. The fraction of sp³-hybridized carbons (Fsp3) is 0.607. The number of benzene rings is 1. The van der Waals surface area contributed by atoms with E-state index in [0.29, 0.717) is 23.3 Å². The molecule has 8 heteroatoms. The molecule has 196 valence electrons. The highest BCUT2D eigenvalue weighted by Gasteiger charge is 2.56. The van der Waals surface area contributed by atoms with E-state index in [9.17, 15) is 9.90 Å². The molecule has 1 unspecified atom stereocenters. The van der Waals surface area contributed by atoms with Gasteiger partial charge in [-0.25, -0.2) is 4.79 Å². The minimum atomic E-state index is -1.03. The number of rotatable bonds is 7. The van der Waals surface area contributed by atoms with Crippen LogP contribution in [0, 0.1) is 11.8 Å². The van der Waals surface area contributed by atoms with Crippen LogP contribution < -0.4 is 0 Å². The molecule has 3 saturated heterocycles. The molecule has 1 spiro atoms. The zero-order chi connectivity index (χ0) is 25.5. The van der Waals surface area contributed by atoms with Gasteiger partial charge in [0.1, 0.15) is 0 Å². The zero-order valence-corrected chi connectivity index (χ0v) is 23.4. The van der Waals surface area contributed by atoms with Crippen molar-refractivity contribution < 1.29 is 14.6 Å². The Morgan fingerprint density at radius 1 is 1.14 bits per heavy atom. The Bertz CT molecular complexity index is 1070. The SMILES string of the molecule is CC(C)C1(C(=O)O)CCC2(CCN(C[C@H]3CN(Cc4ccc(Cl)cc4Cl)C[C@@H]3c3ccsc3)CC2)O1. The molecule has 5 nitrogen and oxygen atoms in total. The quantitative estimate of drug-likeness (QED) is 0.432. The molecular weight excluding hydrogens is 515 g/mol. The molecule has 3 aliphatic rings. The molecule has 5 rings (SSSR count). The molecule has 3 atom stereocenters. The van der Waals surface area contributed by atoms with E-state index in [-0.39, 0.29) is 11.5 Å². The number of piperidine rings is 1. The van der Waals surface area contributed by atoms with E-state index in [0.717, 1.165) is 69.1 Å². The van der Waals surface area contributed by atoms with E-state index < -0.39 is 11.6 Å². The van der Waals surface area contributed by atoms with Crippen LogP contribution in [-0.4, -0.2) is 64.8 Å². The second kappa shape index (κ2) is 10.5. The predicted molar refractivity (Wildman–Crippen MR) is 146 cm³/mol. The number of hydrogen-bond donors (Lipinski definition) is 1. The predicted octanol–water partition coefficient (Wildman–Crippen LogP) is 6.39. The van der Waals surface area contributed by atoms with Crippen LogP contribution in [0.1, 0.15) is 56.6 Å². The van der Waals surface area contributed by atoms with Gasteiger partial charge in [0.15, 0.2) is 5.60 Å². The molecule has 1 aromatic heterocycles. The van der Waals surface area contributed by atoms with E-state index >= 15 is 0 Å². The summed E-state index contributed by atoms with van der Waals surface area (Å²) < 4.78 is 6.45. The summed E-state index contributed by atoms with van der Waals surface area (Å²) in [5.41, 5.74) is 1.25. The highest BCUT2D eigenvalue weighted by Crippen LogP contribution is 2.48. The van der Waals surface area contributed by atoms with Crippen LogP contribution in [0.2, 0.25) is 10.0 Å². The summed E-state index contributed by atoms with van der Waals surface area (Å²) in [6.07, 6.45) is 3.29. The van der Waals surface area contributed by atoms with Gasteiger partial charge < -0.3 is 14.7 Å². The number of carboxylic acid groups (broad SMARTS) is 1. The van der Waals surface area contributed by atoms with Gasteiger partial charge in [-0.3, -0.25) is 4.90 Å². The Labute approximate surface area is 228 Å². The van der Waals surface area contributed by atoms with E-state index in [2.05, 4.69) is 26.6 Å². The number of carbonyl (C=O) groups is 1. The summed E-state index contributed by atoms with van der Waals surface area (Å²) in [5.74, 6) is 0.208. The number of aliphatic carboxylic acids is 1. The summed E-state index contributed by atoms with van der Waals surface area (Å²) in [6.45, 7) is 9.80. The molecule has 0 saturated carbocycles. The number of nitrogens with zero attached hydrogens (tertiary/aromatic N) is 2. The third-order valence-electron chi connectivity index (χ3n) is 8.80. The lowest BCUT2D eigenvalue weighted by atomic mass is 9.84. The van der Waals surface area contributed by atoms with Gasteiger partial charge in [0.05, 0.1) is 5.60 Å². The maximum absolute atomic E-state index is 12.1. The van der Waals surface area contributed by atoms with E-state index in [1.54, 1.807) is 11.3 Å². The van der Waals surface area contributed by atoms with Crippen molar-refractivity contribution in [3.8, 4) is 0 Å². The number of thiophene rings is 1. The zero-order valence-electron chi connectivity index (χ0n) is 21.1. The lowest BCUT2D eigenvalue weighted by Crippen LogP contribution is -2.50. The molecule has 0 aliphatic carbocycles. The maximum atomic E-state index is 12.1. The normalized spacial score (nSPS) is 28.9. The molecule has 1 aromatic carbocycles. The standard InChI is InChI=1S/C28H36Cl2N2O3S/c1-19(2)28(26(33)34)7-6-27(35-28)8-10-31(11-9-27)15-22-16-32(17-24(22)21-5-12-36-18-21)14-20-3-4-23(29)13-25(20)30/h3-5,12-13,18-19,22,24H,6-11,14-17H2,1-2H3,(H,33,34)/t22-,24+,28?/m0/s1. The number of likely N-dealkylation sites (tertiary alicyclic amines) is 2. The van der Waals surface area contributed by atoms with Gasteiger partial charge in [-0.1, -0.05) is 43.1 Å². The first kappa shape index (κ1) is 26.5. The largest absolute Gasteiger partial charge is 0.479 e. The van der Waals surface area contributed by atoms with Crippen molar-refractivity contribution in [3.05, 3.63) is 56.2 Å². The molecule has 0 radical (unpaired) electrons. The van der Waals surface area contributed by atoms with E-state index in [1.165, 1.54) is 5.56 Å². The van der Waals surface area contributed by atoms with Crippen LogP contribution >= 0.6 is 34.5 Å². The molecule has 3 fully saturated rings. The fourth-order valence-corrected chi connectivity index (χ4v) is 7.75. The lowest BCUT2D eigenvalue weighted by molar-refractivity contribution is -0.187. The molecule has 1 N–H and O–H groups in total. The Morgan fingerprint density at radius 3 is 2.53 bits per heavy atom. The van der Waals surface area contributed by atoms with Gasteiger partial charge in [-0.15, -0.1) is 0 Å². The first-order chi connectivity index (χ1) is 17.2. The highest BCUT2D eigenvalue weighted by molar-refractivity contribution is 7.08. The van der Waals surface area contributed by atoms with Gasteiger partial charge in [-0.2, -0.15) is 11.3 Å². The first-order valence-corrected chi connectivity index (χ1v) is 14.7. The van der Waals surface area contributed by atoms with Crippen molar-refractivity contribution in [1.29, 1.82) is 0 Å². The van der Waals surface area contributed by atoms with E-state index in [1.807, 2.05) is 32.0 Å². The number of halogens is 2. The second-order valence-corrected chi connectivity index (χ2v) is 12.9. The Hall–Kier alpha value is -1.15. The van der Waals surface area contributed by atoms with Crippen molar-refractivity contribution in [2.45, 2.75) is 63.2 Å². The average molecular weight is 552 g/mol. The summed E-state index contributed by atoms with van der Waals surface area (Å²) in [7, 11) is 0. The van der Waals surface area contributed by atoms with Crippen molar-refractivity contribution in [2.75, 3.05) is 32.7 Å². The minimum Gasteiger partial charge on any atom is -0.479 e. The fourth-order valence-electron chi connectivity index (χ4n) is 6.56. The van der Waals surface area contributed by atoms with Gasteiger partial charge in [0.25, 0.3) is 0 Å². The van der Waals surface area contributed by atoms with Crippen molar-refractivity contribution in [1.82, 2.24) is 9.80 Å². The Balaban J connectivity index is 1.23. The van der Waals surface area contributed by atoms with Crippen molar-refractivity contribution in [3.63, 3.8) is 0 Å². The smallest absolute Gasteiger partial charge is 0.336 e. The van der Waals surface area contributed by atoms with Crippen LogP contribution in [0.3, 0.4) is 0 Å². The van der Waals surface area contributed by atoms with Crippen molar-refractivity contribution >= 4 is 40.5 Å². The molecular formula is C28H36Cl2N2O3S. The first-order valence-electron chi connectivity index (χ1n) is 13.0. The topological polar surface area (TPSA) is 53.0 Å². The monoisotopic (exact) mass is 550 g/mol.